The van der Waals surface area contributed by atoms with Crippen LogP contribution in [0.1, 0.15) is 48.6 Å². The first kappa shape index (κ1) is 20.4. The van der Waals surface area contributed by atoms with E-state index in [0.717, 1.165) is 45.1 Å². The Kier molecular flexibility index (Phi) is 7.48. The smallest absolute Gasteiger partial charge is 0.223 e. The van der Waals surface area contributed by atoms with Crippen molar-refractivity contribution in [2.24, 2.45) is 4.99 Å². The second-order valence-corrected chi connectivity index (χ2v) is 8.16. The predicted molar refractivity (Wildman–Crippen MR) is 117 cm³/mol. The number of nitrogens with one attached hydrogen (secondary N) is 2. The van der Waals surface area contributed by atoms with Gasteiger partial charge in [0.1, 0.15) is 0 Å². The third kappa shape index (κ3) is 5.58. The van der Waals surface area contributed by atoms with Crippen molar-refractivity contribution in [3.63, 3.8) is 0 Å². The van der Waals surface area contributed by atoms with E-state index in [9.17, 15) is 4.79 Å². The summed E-state index contributed by atoms with van der Waals surface area (Å²) in [6.07, 6.45) is 1.36. The molecule has 0 saturated heterocycles. The molecule has 5 nitrogen and oxygen atoms in total. The van der Waals surface area contributed by atoms with E-state index in [1.165, 1.54) is 16.0 Å². The molecule has 1 aromatic heterocycles. The van der Waals surface area contributed by atoms with Gasteiger partial charge >= 0.3 is 0 Å². The molecule has 1 unspecified atom stereocenters. The van der Waals surface area contributed by atoms with E-state index in [1.54, 1.807) is 11.3 Å². The van der Waals surface area contributed by atoms with Crippen LogP contribution in [0.5, 0.6) is 0 Å². The van der Waals surface area contributed by atoms with Gasteiger partial charge in [0.25, 0.3) is 0 Å². The summed E-state index contributed by atoms with van der Waals surface area (Å²) < 4.78 is 0. The SMILES string of the molecule is CCNC(=NCC(C)c1cccs1)NCCCC(=O)N1Cc2ccccc2C1. The van der Waals surface area contributed by atoms with E-state index in [2.05, 4.69) is 54.1 Å². The molecule has 1 aliphatic heterocycles. The van der Waals surface area contributed by atoms with E-state index >= 15 is 0 Å². The van der Waals surface area contributed by atoms with Crippen molar-refractivity contribution < 1.29 is 4.79 Å². The van der Waals surface area contributed by atoms with Crippen LogP contribution in [0.4, 0.5) is 0 Å². The van der Waals surface area contributed by atoms with Gasteiger partial charge in [-0.15, -0.1) is 11.3 Å². The number of thiophene rings is 1. The van der Waals surface area contributed by atoms with Crippen LogP contribution < -0.4 is 10.6 Å². The second-order valence-electron chi connectivity index (χ2n) is 7.18. The minimum Gasteiger partial charge on any atom is -0.357 e. The maximum atomic E-state index is 12.5. The molecular weight excluding hydrogens is 368 g/mol. The van der Waals surface area contributed by atoms with Gasteiger partial charge in [-0.05, 0) is 35.9 Å². The Labute approximate surface area is 171 Å². The highest BCUT2D eigenvalue weighted by Gasteiger charge is 2.22. The Morgan fingerprint density at radius 2 is 1.93 bits per heavy atom. The van der Waals surface area contributed by atoms with Crippen LogP contribution in [0.15, 0.2) is 46.8 Å². The molecule has 3 rings (SSSR count). The van der Waals surface area contributed by atoms with Gasteiger partial charge in [-0.3, -0.25) is 9.79 Å². The lowest BCUT2D eigenvalue weighted by molar-refractivity contribution is -0.131. The quantitative estimate of drug-likeness (QED) is 0.405. The summed E-state index contributed by atoms with van der Waals surface area (Å²) in [5.41, 5.74) is 2.55. The number of hydrogen-bond acceptors (Lipinski definition) is 3. The summed E-state index contributed by atoms with van der Waals surface area (Å²) in [6, 6.07) is 12.5. The highest BCUT2D eigenvalue weighted by Crippen LogP contribution is 2.23. The molecular formula is C22H30N4OS. The second kappa shape index (κ2) is 10.3. The molecule has 1 aromatic carbocycles. The van der Waals surface area contributed by atoms with Gasteiger partial charge in [0.15, 0.2) is 5.96 Å². The minimum absolute atomic E-state index is 0.228. The Morgan fingerprint density at radius 3 is 2.57 bits per heavy atom. The third-order valence-electron chi connectivity index (χ3n) is 4.95. The predicted octanol–water partition coefficient (Wildman–Crippen LogP) is 3.73. The Morgan fingerprint density at radius 1 is 1.18 bits per heavy atom. The highest BCUT2D eigenvalue weighted by atomic mass is 32.1. The van der Waals surface area contributed by atoms with Crippen LogP contribution in [0.25, 0.3) is 0 Å². The topological polar surface area (TPSA) is 56.7 Å². The Hall–Kier alpha value is -2.34. The molecule has 2 N–H and O–H groups in total. The van der Waals surface area contributed by atoms with Crippen molar-refractivity contribution in [2.75, 3.05) is 19.6 Å². The molecule has 1 amide bonds. The fourth-order valence-electron chi connectivity index (χ4n) is 3.35. The third-order valence-corrected chi connectivity index (χ3v) is 6.05. The van der Waals surface area contributed by atoms with Crippen LogP contribution in [0.3, 0.4) is 0 Å². The van der Waals surface area contributed by atoms with E-state index in [-0.39, 0.29) is 5.91 Å². The number of aliphatic imine (C=N–C) groups is 1. The molecule has 0 fully saturated rings. The summed E-state index contributed by atoms with van der Waals surface area (Å²) in [6.45, 7) is 8.07. The number of guanidine groups is 1. The molecule has 0 aliphatic carbocycles. The molecule has 150 valence electrons. The number of hydrogen-bond donors (Lipinski definition) is 2. The fraction of sp³-hybridized carbons (Fsp3) is 0.455. The van der Waals surface area contributed by atoms with Crippen molar-refractivity contribution in [2.45, 2.75) is 45.7 Å². The van der Waals surface area contributed by atoms with Crippen molar-refractivity contribution in [1.82, 2.24) is 15.5 Å². The average Bonchev–Trinajstić information content (AvgIpc) is 3.38. The van der Waals surface area contributed by atoms with Crippen LogP contribution in [0, 0.1) is 0 Å². The van der Waals surface area contributed by atoms with Crippen molar-refractivity contribution in [3.8, 4) is 0 Å². The normalized spacial score (nSPS) is 14.6. The monoisotopic (exact) mass is 398 g/mol. The first-order chi connectivity index (χ1) is 13.7. The lowest BCUT2D eigenvalue weighted by Gasteiger charge is -2.16. The van der Waals surface area contributed by atoms with Crippen LogP contribution in [-0.4, -0.2) is 36.4 Å². The molecule has 0 saturated carbocycles. The van der Waals surface area contributed by atoms with Gasteiger partial charge in [-0.25, -0.2) is 0 Å². The van der Waals surface area contributed by atoms with Gasteiger partial charge in [-0.1, -0.05) is 37.3 Å². The van der Waals surface area contributed by atoms with E-state index < -0.39 is 0 Å². The Bertz CT molecular complexity index is 763. The minimum atomic E-state index is 0.228. The van der Waals surface area contributed by atoms with Crippen LogP contribution >= 0.6 is 11.3 Å². The molecule has 2 heterocycles. The summed E-state index contributed by atoms with van der Waals surface area (Å²) in [5, 5.41) is 8.75. The number of carbonyl (C=O) groups is 1. The van der Waals surface area contributed by atoms with E-state index in [4.69, 9.17) is 4.99 Å². The largest absolute Gasteiger partial charge is 0.357 e. The van der Waals surface area contributed by atoms with E-state index in [0.29, 0.717) is 12.3 Å². The summed E-state index contributed by atoms with van der Waals surface area (Å²) in [5.74, 6) is 1.46. The highest BCUT2D eigenvalue weighted by molar-refractivity contribution is 7.10. The first-order valence-electron chi connectivity index (χ1n) is 10.1. The lowest BCUT2D eigenvalue weighted by Crippen LogP contribution is -2.38. The number of rotatable bonds is 8. The van der Waals surface area contributed by atoms with Gasteiger partial charge in [0, 0.05) is 43.4 Å². The van der Waals surface area contributed by atoms with Gasteiger partial charge in [0.2, 0.25) is 5.91 Å². The number of nitrogens with zero attached hydrogens (tertiary/aromatic N) is 2. The molecule has 1 atom stereocenters. The standard InChI is InChI=1S/C22H30N4OS/c1-3-23-22(25-14-17(2)20-10-7-13-28-20)24-12-6-11-21(27)26-15-18-8-4-5-9-19(18)16-26/h4-5,7-10,13,17H,3,6,11-12,14-16H2,1-2H3,(H2,23,24,25). The summed E-state index contributed by atoms with van der Waals surface area (Å²) in [4.78, 5) is 20.5. The lowest BCUT2D eigenvalue weighted by atomic mass is 10.1. The summed E-state index contributed by atoms with van der Waals surface area (Å²) >= 11 is 1.78. The maximum Gasteiger partial charge on any atom is 0.223 e. The first-order valence-corrected chi connectivity index (χ1v) is 11.0. The number of amides is 1. The molecule has 0 bridgehead atoms. The zero-order valence-corrected chi connectivity index (χ0v) is 17.6. The molecule has 2 aromatic rings. The van der Waals surface area contributed by atoms with Gasteiger partial charge < -0.3 is 15.5 Å². The molecule has 0 radical (unpaired) electrons. The van der Waals surface area contributed by atoms with Gasteiger partial charge in [-0.2, -0.15) is 0 Å². The molecule has 0 spiro atoms. The zero-order chi connectivity index (χ0) is 19.8. The fourth-order valence-corrected chi connectivity index (χ4v) is 4.12. The number of benzene rings is 1. The maximum absolute atomic E-state index is 12.5. The van der Waals surface area contributed by atoms with Crippen molar-refractivity contribution in [1.29, 1.82) is 0 Å². The summed E-state index contributed by atoms with van der Waals surface area (Å²) in [7, 11) is 0. The van der Waals surface area contributed by atoms with Crippen LogP contribution in [-0.2, 0) is 17.9 Å². The van der Waals surface area contributed by atoms with Crippen LogP contribution in [0.2, 0.25) is 0 Å². The van der Waals surface area contributed by atoms with E-state index in [1.807, 2.05) is 17.0 Å². The number of carbonyl (C=O) groups excluding carboxylic acids is 1. The molecule has 1 aliphatic rings. The molecule has 28 heavy (non-hydrogen) atoms. The van der Waals surface area contributed by atoms with Crippen molar-refractivity contribution in [3.05, 3.63) is 57.8 Å². The zero-order valence-electron chi connectivity index (χ0n) is 16.8. The Balaban J connectivity index is 1.40. The average molecular weight is 399 g/mol. The van der Waals surface area contributed by atoms with Gasteiger partial charge in [0.05, 0.1) is 6.54 Å². The van der Waals surface area contributed by atoms with Crippen molar-refractivity contribution >= 4 is 23.2 Å². The number of fused-ring (bicyclic) bond motifs is 1. The molecule has 6 heteroatoms.